The van der Waals surface area contributed by atoms with Gasteiger partial charge in [0, 0.05) is 32.2 Å². The first-order valence-corrected chi connectivity index (χ1v) is 9.04. The summed E-state index contributed by atoms with van der Waals surface area (Å²) in [5.41, 5.74) is 2.18. The Morgan fingerprint density at radius 1 is 1.38 bits per heavy atom. The van der Waals surface area contributed by atoms with Crippen LogP contribution in [0.2, 0.25) is 0 Å². The molecular weight excluding hydrogens is 332 g/mol. The molecule has 26 heavy (non-hydrogen) atoms. The molecule has 1 atom stereocenters. The van der Waals surface area contributed by atoms with E-state index >= 15 is 0 Å². The Bertz CT molecular complexity index is 787. The maximum Gasteiger partial charge on any atom is 0.276 e. The van der Waals surface area contributed by atoms with Crippen LogP contribution >= 0.6 is 0 Å². The molecule has 1 aliphatic rings. The molecule has 1 N–H and O–H groups in total. The standard InChI is InChI=1S/C19H24N4O3/c1-3-5-16-11-17(22-26-16)19(25)23-9-4-6-18(23)14-7-8-20-15(10-14)12-21-13(2)24/h7-8,10-11,18H,3-6,9,12H2,1-2H3,(H,21,24)/t18-/m0/s1. The van der Waals surface area contributed by atoms with Crippen LogP contribution in [0.15, 0.2) is 28.9 Å². The van der Waals surface area contributed by atoms with Gasteiger partial charge in [0.15, 0.2) is 5.69 Å². The van der Waals surface area contributed by atoms with E-state index in [0.29, 0.717) is 18.8 Å². The zero-order valence-electron chi connectivity index (χ0n) is 15.2. The number of hydrogen-bond acceptors (Lipinski definition) is 5. The molecule has 0 aliphatic carbocycles. The minimum Gasteiger partial charge on any atom is -0.361 e. The summed E-state index contributed by atoms with van der Waals surface area (Å²) < 4.78 is 5.25. The van der Waals surface area contributed by atoms with Gasteiger partial charge in [-0.05, 0) is 37.0 Å². The second-order valence-corrected chi connectivity index (χ2v) is 6.58. The van der Waals surface area contributed by atoms with Crippen LogP contribution in [-0.4, -0.2) is 33.4 Å². The number of hydrogen-bond donors (Lipinski definition) is 1. The largest absolute Gasteiger partial charge is 0.361 e. The number of carbonyl (C=O) groups excluding carboxylic acids is 2. The number of aryl methyl sites for hydroxylation is 1. The topological polar surface area (TPSA) is 88.3 Å². The van der Waals surface area contributed by atoms with Crippen molar-refractivity contribution in [1.29, 1.82) is 0 Å². The third-order valence-electron chi connectivity index (χ3n) is 4.53. The summed E-state index contributed by atoms with van der Waals surface area (Å²) in [5.74, 6) is 0.552. The van der Waals surface area contributed by atoms with Crippen molar-refractivity contribution >= 4 is 11.8 Å². The zero-order valence-corrected chi connectivity index (χ0v) is 15.2. The van der Waals surface area contributed by atoms with Crippen molar-refractivity contribution in [2.45, 2.75) is 52.1 Å². The minimum absolute atomic E-state index is 0.00657. The number of pyridine rings is 1. The predicted molar refractivity (Wildman–Crippen MR) is 95.3 cm³/mol. The maximum atomic E-state index is 12.9. The van der Waals surface area contributed by atoms with Gasteiger partial charge in [0.05, 0.1) is 18.3 Å². The number of amides is 2. The molecule has 7 nitrogen and oxygen atoms in total. The summed E-state index contributed by atoms with van der Waals surface area (Å²) in [6.07, 6.45) is 5.29. The Morgan fingerprint density at radius 2 is 2.23 bits per heavy atom. The van der Waals surface area contributed by atoms with E-state index in [1.165, 1.54) is 6.92 Å². The molecule has 0 aromatic carbocycles. The highest BCUT2D eigenvalue weighted by Gasteiger charge is 2.32. The number of aromatic nitrogens is 2. The first kappa shape index (κ1) is 18.1. The molecule has 0 unspecified atom stereocenters. The molecule has 1 saturated heterocycles. The van der Waals surface area contributed by atoms with E-state index in [0.717, 1.165) is 42.7 Å². The van der Waals surface area contributed by atoms with Gasteiger partial charge in [-0.3, -0.25) is 14.6 Å². The minimum atomic E-state index is -0.0983. The first-order valence-electron chi connectivity index (χ1n) is 9.04. The molecular formula is C19H24N4O3. The highest BCUT2D eigenvalue weighted by molar-refractivity contribution is 5.92. The lowest BCUT2D eigenvalue weighted by atomic mass is 10.0. The van der Waals surface area contributed by atoms with Crippen molar-refractivity contribution in [3.63, 3.8) is 0 Å². The van der Waals surface area contributed by atoms with Gasteiger partial charge < -0.3 is 14.7 Å². The average molecular weight is 356 g/mol. The fraction of sp³-hybridized carbons (Fsp3) is 0.474. The first-order chi connectivity index (χ1) is 12.6. The number of carbonyl (C=O) groups is 2. The Morgan fingerprint density at radius 3 is 3.00 bits per heavy atom. The van der Waals surface area contributed by atoms with Crippen LogP contribution in [0.4, 0.5) is 0 Å². The van der Waals surface area contributed by atoms with Crippen LogP contribution in [0, 0.1) is 0 Å². The number of nitrogens with one attached hydrogen (secondary N) is 1. The Kier molecular flexibility index (Phi) is 5.65. The molecule has 0 radical (unpaired) electrons. The smallest absolute Gasteiger partial charge is 0.276 e. The highest BCUT2D eigenvalue weighted by atomic mass is 16.5. The van der Waals surface area contributed by atoms with Crippen molar-refractivity contribution in [3.8, 4) is 0 Å². The van der Waals surface area contributed by atoms with Gasteiger partial charge in [-0.2, -0.15) is 0 Å². The lowest BCUT2D eigenvalue weighted by Gasteiger charge is -2.24. The number of rotatable bonds is 6. The van der Waals surface area contributed by atoms with Crippen LogP contribution in [0.25, 0.3) is 0 Å². The Balaban J connectivity index is 1.76. The molecule has 3 heterocycles. The summed E-state index contributed by atoms with van der Waals surface area (Å²) in [4.78, 5) is 30.1. The van der Waals surface area contributed by atoms with E-state index in [4.69, 9.17) is 4.52 Å². The van der Waals surface area contributed by atoms with Gasteiger partial charge in [-0.15, -0.1) is 0 Å². The van der Waals surface area contributed by atoms with Gasteiger partial charge in [-0.1, -0.05) is 12.1 Å². The quantitative estimate of drug-likeness (QED) is 0.859. The normalized spacial score (nSPS) is 16.7. The predicted octanol–water partition coefficient (Wildman–Crippen LogP) is 2.64. The van der Waals surface area contributed by atoms with Gasteiger partial charge in [0.25, 0.3) is 5.91 Å². The van der Waals surface area contributed by atoms with E-state index in [1.54, 1.807) is 12.3 Å². The summed E-state index contributed by atoms with van der Waals surface area (Å²) in [6, 6.07) is 5.62. The SMILES string of the molecule is CCCc1cc(C(=O)N2CCC[C@H]2c2ccnc(CNC(C)=O)c2)no1. The third-order valence-corrected chi connectivity index (χ3v) is 4.53. The van der Waals surface area contributed by atoms with Gasteiger partial charge >= 0.3 is 0 Å². The molecule has 0 bridgehead atoms. The molecule has 2 aromatic heterocycles. The zero-order chi connectivity index (χ0) is 18.5. The molecule has 1 fully saturated rings. The maximum absolute atomic E-state index is 12.9. The lowest BCUT2D eigenvalue weighted by Crippen LogP contribution is -2.31. The molecule has 2 aromatic rings. The van der Waals surface area contributed by atoms with Crippen molar-refractivity contribution in [2.75, 3.05) is 6.54 Å². The van der Waals surface area contributed by atoms with Crippen molar-refractivity contribution in [3.05, 3.63) is 47.1 Å². The summed E-state index contributed by atoms with van der Waals surface area (Å²) >= 11 is 0. The second-order valence-electron chi connectivity index (χ2n) is 6.58. The molecule has 0 spiro atoms. The number of nitrogens with zero attached hydrogens (tertiary/aromatic N) is 3. The molecule has 1 aliphatic heterocycles. The molecule has 7 heteroatoms. The van der Waals surface area contributed by atoms with Crippen LogP contribution in [0.1, 0.15) is 66.7 Å². The average Bonchev–Trinajstić information content (AvgIpc) is 3.29. The molecule has 2 amide bonds. The number of likely N-dealkylation sites (tertiary alicyclic amines) is 1. The fourth-order valence-corrected chi connectivity index (χ4v) is 3.30. The van der Waals surface area contributed by atoms with Crippen molar-refractivity contribution in [2.24, 2.45) is 0 Å². The van der Waals surface area contributed by atoms with Crippen molar-refractivity contribution < 1.29 is 14.1 Å². The van der Waals surface area contributed by atoms with E-state index in [1.807, 2.05) is 17.0 Å². The third kappa shape index (κ3) is 4.09. The monoisotopic (exact) mass is 356 g/mol. The van der Waals surface area contributed by atoms with Gasteiger partial charge in [-0.25, -0.2) is 0 Å². The Hall–Kier alpha value is -2.70. The van der Waals surface area contributed by atoms with Crippen LogP contribution in [-0.2, 0) is 17.8 Å². The van der Waals surface area contributed by atoms with Crippen molar-refractivity contribution in [1.82, 2.24) is 20.4 Å². The molecule has 3 rings (SSSR count). The van der Waals surface area contributed by atoms with Crippen LogP contribution in [0.3, 0.4) is 0 Å². The van der Waals surface area contributed by atoms with E-state index in [-0.39, 0.29) is 17.9 Å². The van der Waals surface area contributed by atoms with Crippen LogP contribution < -0.4 is 5.32 Å². The molecule has 138 valence electrons. The van der Waals surface area contributed by atoms with E-state index in [9.17, 15) is 9.59 Å². The second kappa shape index (κ2) is 8.12. The van der Waals surface area contributed by atoms with E-state index < -0.39 is 0 Å². The summed E-state index contributed by atoms with van der Waals surface area (Å²) in [6.45, 7) is 4.62. The molecule has 0 saturated carbocycles. The summed E-state index contributed by atoms with van der Waals surface area (Å²) in [5, 5.41) is 6.70. The fourth-order valence-electron chi connectivity index (χ4n) is 3.30. The lowest BCUT2D eigenvalue weighted by molar-refractivity contribution is -0.119. The Labute approximate surface area is 152 Å². The van der Waals surface area contributed by atoms with Gasteiger partial charge in [0.2, 0.25) is 5.91 Å². The highest BCUT2D eigenvalue weighted by Crippen LogP contribution is 2.33. The van der Waals surface area contributed by atoms with E-state index in [2.05, 4.69) is 22.4 Å². The van der Waals surface area contributed by atoms with Gasteiger partial charge in [0.1, 0.15) is 5.76 Å². The summed E-state index contributed by atoms with van der Waals surface area (Å²) in [7, 11) is 0. The van der Waals surface area contributed by atoms with Crippen LogP contribution in [0.5, 0.6) is 0 Å².